The van der Waals surface area contributed by atoms with Crippen molar-refractivity contribution in [1.82, 2.24) is 5.32 Å². The number of carbonyl (C=O) groups excluding carboxylic acids is 2. The second-order valence-electron chi connectivity index (χ2n) is 6.60. The Hall–Kier alpha value is -2.97. The smallest absolute Gasteiger partial charge is 0.337 e. The highest BCUT2D eigenvalue weighted by Crippen LogP contribution is 2.28. The van der Waals surface area contributed by atoms with Gasteiger partial charge in [0.1, 0.15) is 0 Å². The summed E-state index contributed by atoms with van der Waals surface area (Å²) in [5.74, 6) is -0.754. The molecule has 0 aromatic heterocycles. The summed E-state index contributed by atoms with van der Waals surface area (Å²) in [5, 5.41) is 5.87. The molecule has 0 aliphatic carbocycles. The maximum atomic E-state index is 12.4. The number of amides is 1. The van der Waals surface area contributed by atoms with Crippen LogP contribution in [0.4, 0.5) is 11.4 Å². The number of methoxy groups -OCH3 is 1. The van der Waals surface area contributed by atoms with Gasteiger partial charge in [0.25, 0.3) is 5.91 Å². The Morgan fingerprint density at radius 2 is 1.72 bits per heavy atom. The van der Waals surface area contributed by atoms with Gasteiger partial charge >= 0.3 is 5.97 Å². The molecule has 1 heterocycles. The number of anilines is 2. The molecular formula is C21H23N3O4S. The fourth-order valence-corrected chi connectivity index (χ4v) is 3.20. The summed E-state index contributed by atoms with van der Waals surface area (Å²) >= 11 is 5.33. The molecular weight excluding hydrogens is 390 g/mol. The minimum atomic E-state index is -0.448. The van der Waals surface area contributed by atoms with Crippen LogP contribution >= 0.6 is 12.2 Å². The molecule has 1 fully saturated rings. The Labute approximate surface area is 175 Å². The van der Waals surface area contributed by atoms with Gasteiger partial charge in [0.2, 0.25) is 0 Å². The van der Waals surface area contributed by atoms with Crippen LogP contribution < -0.4 is 15.5 Å². The summed E-state index contributed by atoms with van der Waals surface area (Å²) in [6.07, 6.45) is 0. The molecule has 2 N–H and O–H groups in total. The molecule has 0 unspecified atom stereocenters. The third kappa shape index (κ3) is 5.30. The highest BCUT2D eigenvalue weighted by Gasteiger charge is 2.18. The Bertz CT molecular complexity index is 909. The van der Waals surface area contributed by atoms with Crippen molar-refractivity contribution < 1.29 is 19.1 Å². The molecule has 0 saturated carbocycles. The van der Waals surface area contributed by atoms with Gasteiger partial charge in [-0.25, -0.2) is 4.79 Å². The number of esters is 1. The van der Waals surface area contributed by atoms with Crippen LogP contribution in [-0.4, -0.2) is 50.4 Å². The largest absolute Gasteiger partial charge is 0.465 e. The highest BCUT2D eigenvalue weighted by atomic mass is 32.1. The average molecular weight is 413 g/mol. The maximum absolute atomic E-state index is 12.4. The molecule has 8 heteroatoms. The van der Waals surface area contributed by atoms with E-state index < -0.39 is 5.97 Å². The number of ether oxygens (including phenoxy) is 2. The van der Waals surface area contributed by atoms with Crippen molar-refractivity contribution in [3.63, 3.8) is 0 Å². The lowest BCUT2D eigenvalue weighted by molar-refractivity contribution is 0.0600. The normalized spacial score (nSPS) is 13.5. The van der Waals surface area contributed by atoms with Crippen LogP contribution in [0.15, 0.2) is 42.5 Å². The average Bonchev–Trinajstić information content (AvgIpc) is 2.74. The highest BCUT2D eigenvalue weighted by molar-refractivity contribution is 7.80. The summed E-state index contributed by atoms with van der Waals surface area (Å²) in [6.45, 7) is 4.62. The number of nitrogens with one attached hydrogen (secondary N) is 2. The molecule has 1 aliphatic rings. The van der Waals surface area contributed by atoms with Gasteiger partial charge in [-0.1, -0.05) is 17.7 Å². The molecule has 152 valence electrons. The van der Waals surface area contributed by atoms with E-state index in [9.17, 15) is 9.59 Å². The molecule has 0 radical (unpaired) electrons. The standard InChI is InChI=1S/C21H23N3O4S/c1-14-3-5-15(6-4-14)19(25)23-21(29)22-17-13-16(20(26)27-2)7-8-18(17)24-9-11-28-12-10-24/h3-8,13H,9-12H2,1-2H3,(H2,22,23,25,29). The van der Waals surface area contributed by atoms with Crippen molar-refractivity contribution in [3.8, 4) is 0 Å². The number of benzene rings is 2. The topological polar surface area (TPSA) is 79.9 Å². The number of morpholine rings is 1. The van der Waals surface area contributed by atoms with E-state index in [0.717, 1.165) is 24.3 Å². The van der Waals surface area contributed by atoms with E-state index in [4.69, 9.17) is 21.7 Å². The van der Waals surface area contributed by atoms with Gasteiger partial charge in [-0.2, -0.15) is 0 Å². The summed E-state index contributed by atoms with van der Waals surface area (Å²) in [5.41, 5.74) is 3.45. The Morgan fingerprint density at radius 3 is 2.38 bits per heavy atom. The SMILES string of the molecule is COC(=O)c1ccc(N2CCOCC2)c(NC(=S)NC(=O)c2ccc(C)cc2)c1. The van der Waals surface area contributed by atoms with E-state index in [1.807, 2.05) is 25.1 Å². The minimum absolute atomic E-state index is 0.145. The van der Waals surface area contributed by atoms with E-state index in [2.05, 4.69) is 15.5 Å². The lowest BCUT2D eigenvalue weighted by atomic mass is 10.1. The van der Waals surface area contributed by atoms with Crippen LogP contribution in [0, 0.1) is 6.92 Å². The molecule has 2 aromatic rings. The van der Waals surface area contributed by atoms with Crippen LogP contribution in [0.1, 0.15) is 26.3 Å². The first-order valence-electron chi connectivity index (χ1n) is 9.22. The summed E-state index contributed by atoms with van der Waals surface area (Å²) in [7, 11) is 1.33. The molecule has 1 saturated heterocycles. The molecule has 0 atom stereocenters. The third-order valence-electron chi connectivity index (χ3n) is 4.56. The predicted octanol–water partition coefficient (Wildman–Crippen LogP) is 2.75. The van der Waals surface area contributed by atoms with Gasteiger partial charge in [0, 0.05) is 18.7 Å². The number of hydrogen-bond acceptors (Lipinski definition) is 6. The first-order valence-corrected chi connectivity index (χ1v) is 9.63. The fraction of sp³-hybridized carbons (Fsp3) is 0.286. The van der Waals surface area contributed by atoms with E-state index in [0.29, 0.717) is 30.0 Å². The second-order valence-corrected chi connectivity index (χ2v) is 7.01. The monoisotopic (exact) mass is 413 g/mol. The van der Waals surface area contributed by atoms with Crippen LogP contribution in [0.5, 0.6) is 0 Å². The van der Waals surface area contributed by atoms with Crippen molar-refractivity contribution in [3.05, 3.63) is 59.2 Å². The van der Waals surface area contributed by atoms with E-state index in [-0.39, 0.29) is 11.0 Å². The van der Waals surface area contributed by atoms with Gasteiger partial charge in [-0.3, -0.25) is 10.1 Å². The summed E-state index contributed by atoms with van der Waals surface area (Å²) in [4.78, 5) is 26.5. The van der Waals surface area contributed by atoms with Crippen molar-refractivity contribution in [2.24, 2.45) is 0 Å². The Kier molecular flexibility index (Phi) is 6.79. The zero-order valence-electron chi connectivity index (χ0n) is 16.4. The zero-order chi connectivity index (χ0) is 20.8. The van der Waals surface area contributed by atoms with Gasteiger partial charge < -0.3 is 19.7 Å². The minimum Gasteiger partial charge on any atom is -0.465 e. The third-order valence-corrected chi connectivity index (χ3v) is 4.76. The number of thiocarbonyl (C=S) groups is 1. The van der Waals surface area contributed by atoms with Crippen LogP contribution in [0.2, 0.25) is 0 Å². The second kappa shape index (κ2) is 9.49. The van der Waals surface area contributed by atoms with E-state index in [1.54, 1.807) is 24.3 Å². The number of hydrogen-bond donors (Lipinski definition) is 2. The molecule has 7 nitrogen and oxygen atoms in total. The molecule has 1 aliphatic heterocycles. The fourth-order valence-electron chi connectivity index (χ4n) is 2.99. The van der Waals surface area contributed by atoms with Gasteiger partial charge in [-0.15, -0.1) is 0 Å². The Morgan fingerprint density at radius 1 is 1.07 bits per heavy atom. The zero-order valence-corrected chi connectivity index (χ0v) is 17.2. The molecule has 0 bridgehead atoms. The summed E-state index contributed by atoms with van der Waals surface area (Å²) in [6, 6.07) is 12.4. The number of carbonyl (C=O) groups is 2. The first-order chi connectivity index (χ1) is 14.0. The van der Waals surface area contributed by atoms with Gasteiger partial charge in [0.15, 0.2) is 5.11 Å². The van der Waals surface area contributed by atoms with Crippen molar-refractivity contribution >= 4 is 40.6 Å². The van der Waals surface area contributed by atoms with E-state index >= 15 is 0 Å². The van der Waals surface area contributed by atoms with Crippen LogP contribution in [-0.2, 0) is 9.47 Å². The summed E-state index contributed by atoms with van der Waals surface area (Å²) < 4.78 is 10.2. The van der Waals surface area contributed by atoms with Gasteiger partial charge in [-0.05, 0) is 49.5 Å². The van der Waals surface area contributed by atoms with Crippen LogP contribution in [0.25, 0.3) is 0 Å². The maximum Gasteiger partial charge on any atom is 0.337 e. The lowest BCUT2D eigenvalue weighted by Crippen LogP contribution is -2.38. The molecule has 3 rings (SSSR count). The molecule has 0 spiro atoms. The Balaban J connectivity index is 1.79. The van der Waals surface area contributed by atoms with Crippen molar-refractivity contribution in [2.45, 2.75) is 6.92 Å². The molecule has 1 amide bonds. The van der Waals surface area contributed by atoms with E-state index in [1.165, 1.54) is 7.11 Å². The quantitative estimate of drug-likeness (QED) is 0.589. The number of nitrogens with zero attached hydrogens (tertiary/aromatic N) is 1. The predicted molar refractivity (Wildman–Crippen MR) is 116 cm³/mol. The van der Waals surface area contributed by atoms with Crippen LogP contribution in [0.3, 0.4) is 0 Å². The van der Waals surface area contributed by atoms with Gasteiger partial charge in [0.05, 0.1) is 37.3 Å². The first kappa shape index (κ1) is 20.8. The molecule has 29 heavy (non-hydrogen) atoms. The van der Waals surface area contributed by atoms with Crippen molar-refractivity contribution in [2.75, 3.05) is 43.6 Å². The number of rotatable bonds is 4. The van der Waals surface area contributed by atoms with Crippen molar-refractivity contribution in [1.29, 1.82) is 0 Å². The number of aryl methyl sites for hydroxylation is 1. The lowest BCUT2D eigenvalue weighted by Gasteiger charge is -2.31. The molecule has 2 aromatic carbocycles.